The molecule has 0 radical (unpaired) electrons. The lowest BCUT2D eigenvalue weighted by Gasteiger charge is -2.21. The summed E-state index contributed by atoms with van der Waals surface area (Å²) in [6, 6.07) is 21.1. The van der Waals surface area contributed by atoms with Crippen LogP contribution in [-0.2, 0) is 13.1 Å². The fourth-order valence-corrected chi connectivity index (χ4v) is 3.48. The second-order valence-corrected chi connectivity index (χ2v) is 7.52. The first kappa shape index (κ1) is 18.5. The average molecular weight is 371 g/mol. The van der Waals surface area contributed by atoms with Gasteiger partial charge in [-0.25, -0.2) is 0 Å². The SMILES string of the molecule is CN(CCN(C)Cc1cc2ccccc2cn1)Cc1cc2ccccc2cn1. The van der Waals surface area contributed by atoms with Gasteiger partial charge in [0.25, 0.3) is 0 Å². The van der Waals surface area contributed by atoms with Crippen molar-refractivity contribution in [2.45, 2.75) is 13.1 Å². The van der Waals surface area contributed by atoms with Gasteiger partial charge in [0, 0.05) is 49.3 Å². The number of rotatable bonds is 7. The largest absolute Gasteiger partial charge is 0.299 e. The van der Waals surface area contributed by atoms with E-state index in [0.29, 0.717) is 0 Å². The predicted molar refractivity (Wildman–Crippen MR) is 116 cm³/mol. The zero-order valence-electron chi connectivity index (χ0n) is 16.5. The summed E-state index contributed by atoms with van der Waals surface area (Å²) in [4.78, 5) is 13.9. The molecule has 0 amide bonds. The summed E-state index contributed by atoms with van der Waals surface area (Å²) in [7, 11) is 4.30. The van der Waals surface area contributed by atoms with Crippen molar-refractivity contribution in [3.8, 4) is 0 Å². The third kappa shape index (κ3) is 4.53. The quantitative estimate of drug-likeness (QED) is 0.484. The second-order valence-electron chi connectivity index (χ2n) is 7.52. The summed E-state index contributed by atoms with van der Waals surface area (Å²) in [6.07, 6.45) is 3.94. The monoisotopic (exact) mass is 370 g/mol. The molecule has 0 spiro atoms. The average Bonchev–Trinajstić information content (AvgIpc) is 2.72. The Kier molecular flexibility index (Phi) is 5.60. The normalized spacial score (nSPS) is 11.7. The molecule has 2 aromatic carbocycles. The molecule has 0 saturated heterocycles. The Bertz CT molecular complexity index is 989. The van der Waals surface area contributed by atoms with E-state index in [9.17, 15) is 0 Å². The van der Waals surface area contributed by atoms with Gasteiger partial charge in [-0.15, -0.1) is 0 Å². The molecule has 0 atom stereocenters. The van der Waals surface area contributed by atoms with Gasteiger partial charge in [0.1, 0.15) is 0 Å². The first-order valence-electron chi connectivity index (χ1n) is 9.72. The Hall–Kier alpha value is -2.82. The summed E-state index contributed by atoms with van der Waals surface area (Å²) in [6.45, 7) is 3.68. The van der Waals surface area contributed by atoms with E-state index in [-0.39, 0.29) is 0 Å². The van der Waals surface area contributed by atoms with Crippen molar-refractivity contribution in [1.29, 1.82) is 0 Å². The van der Waals surface area contributed by atoms with Gasteiger partial charge < -0.3 is 0 Å². The topological polar surface area (TPSA) is 32.3 Å². The molecule has 0 aliphatic carbocycles. The number of hydrogen-bond donors (Lipinski definition) is 0. The zero-order valence-corrected chi connectivity index (χ0v) is 16.5. The first-order chi connectivity index (χ1) is 13.7. The van der Waals surface area contributed by atoms with Gasteiger partial charge in [0.2, 0.25) is 0 Å². The van der Waals surface area contributed by atoms with Crippen molar-refractivity contribution in [3.63, 3.8) is 0 Å². The van der Waals surface area contributed by atoms with Crippen LogP contribution < -0.4 is 0 Å². The summed E-state index contributed by atoms with van der Waals surface area (Å²) < 4.78 is 0. The maximum Gasteiger partial charge on any atom is 0.0550 e. The molecule has 0 aliphatic heterocycles. The number of benzene rings is 2. The van der Waals surface area contributed by atoms with Gasteiger partial charge in [-0.05, 0) is 37.0 Å². The highest BCUT2D eigenvalue weighted by Crippen LogP contribution is 2.15. The van der Waals surface area contributed by atoms with Crippen LogP contribution in [0.15, 0.2) is 73.1 Å². The number of hydrogen-bond acceptors (Lipinski definition) is 4. The summed E-state index contributed by atoms with van der Waals surface area (Å²) >= 11 is 0. The number of likely N-dealkylation sites (N-methyl/N-ethyl adjacent to an activating group) is 2. The van der Waals surface area contributed by atoms with Crippen molar-refractivity contribution >= 4 is 21.5 Å². The Labute approximate surface area is 166 Å². The highest BCUT2D eigenvalue weighted by molar-refractivity contribution is 5.82. The maximum atomic E-state index is 4.61. The van der Waals surface area contributed by atoms with Gasteiger partial charge in [0.15, 0.2) is 0 Å². The van der Waals surface area contributed by atoms with Crippen LogP contribution in [0, 0.1) is 0 Å². The van der Waals surface area contributed by atoms with Gasteiger partial charge in [0.05, 0.1) is 11.4 Å². The zero-order chi connectivity index (χ0) is 19.3. The molecule has 0 fully saturated rings. The number of nitrogens with zero attached hydrogens (tertiary/aromatic N) is 4. The van der Waals surface area contributed by atoms with E-state index in [0.717, 1.165) is 37.6 Å². The maximum absolute atomic E-state index is 4.61. The minimum Gasteiger partial charge on any atom is -0.299 e. The smallest absolute Gasteiger partial charge is 0.0550 e. The molecule has 0 saturated carbocycles. The molecule has 142 valence electrons. The number of pyridine rings is 2. The number of aromatic nitrogens is 2. The molecule has 0 aliphatic rings. The van der Waals surface area contributed by atoms with Crippen LogP contribution in [0.5, 0.6) is 0 Å². The van der Waals surface area contributed by atoms with Gasteiger partial charge in [-0.3, -0.25) is 19.8 Å². The van der Waals surface area contributed by atoms with Gasteiger partial charge in [-0.1, -0.05) is 48.5 Å². The number of fused-ring (bicyclic) bond motifs is 2. The van der Waals surface area contributed by atoms with E-state index in [1.807, 2.05) is 12.4 Å². The van der Waals surface area contributed by atoms with E-state index in [4.69, 9.17) is 0 Å². The molecule has 28 heavy (non-hydrogen) atoms. The molecule has 2 aromatic heterocycles. The summed E-state index contributed by atoms with van der Waals surface area (Å²) in [5.74, 6) is 0. The first-order valence-corrected chi connectivity index (χ1v) is 9.72. The van der Waals surface area contributed by atoms with Crippen molar-refractivity contribution in [3.05, 3.63) is 84.4 Å². The Morgan fingerprint density at radius 2 is 1.00 bits per heavy atom. The van der Waals surface area contributed by atoms with Crippen LogP contribution in [0.3, 0.4) is 0 Å². The van der Waals surface area contributed by atoms with Crippen molar-refractivity contribution < 1.29 is 0 Å². The van der Waals surface area contributed by atoms with E-state index >= 15 is 0 Å². The molecule has 4 aromatic rings. The molecule has 0 N–H and O–H groups in total. The lowest BCUT2D eigenvalue weighted by Crippen LogP contribution is -2.30. The molecular formula is C24H26N4. The molecule has 2 heterocycles. The van der Waals surface area contributed by atoms with Crippen molar-refractivity contribution in [1.82, 2.24) is 19.8 Å². The third-order valence-corrected chi connectivity index (χ3v) is 5.10. The molecule has 0 bridgehead atoms. The van der Waals surface area contributed by atoms with Crippen LogP contribution in [0.2, 0.25) is 0 Å². The third-order valence-electron chi connectivity index (χ3n) is 5.10. The fourth-order valence-electron chi connectivity index (χ4n) is 3.48. The molecule has 4 heteroatoms. The van der Waals surface area contributed by atoms with Crippen LogP contribution in [0.25, 0.3) is 21.5 Å². The molecular weight excluding hydrogens is 344 g/mol. The molecule has 4 rings (SSSR count). The van der Waals surface area contributed by atoms with Crippen LogP contribution in [-0.4, -0.2) is 47.0 Å². The van der Waals surface area contributed by atoms with Crippen molar-refractivity contribution in [2.75, 3.05) is 27.2 Å². The minimum absolute atomic E-state index is 0.854. The Morgan fingerprint density at radius 3 is 1.43 bits per heavy atom. The predicted octanol–water partition coefficient (Wildman–Crippen LogP) is 4.35. The summed E-state index contributed by atoms with van der Waals surface area (Å²) in [5, 5.41) is 4.88. The van der Waals surface area contributed by atoms with E-state index < -0.39 is 0 Å². The van der Waals surface area contributed by atoms with E-state index in [2.05, 4.69) is 94.5 Å². The molecule has 4 nitrogen and oxygen atoms in total. The Balaban J connectivity index is 1.31. The highest BCUT2D eigenvalue weighted by Gasteiger charge is 2.07. The van der Waals surface area contributed by atoms with Crippen LogP contribution in [0.1, 0.15) is 11.4 Å². The fraction of sp³-hybridized carbons (Fsp3) is 0.250. The lowest BCUT2D eigenvalue weighted by atomic mass is 10.1. The van der Waals surface area contributed by atoms with Crippen LogP contribution in [0.4, 0.5) is 0 Å². The van der Waals surface area contributed by atoms with Crippen molar-refractivity contribution in [2.24, 2.45) is 0 Å². The lowest BCUT2D eigenvalue weighted by molar-refractivity contribution is 0.244. The second kappa shape index (κ2) is 8.46. The van der Waals surface area contributed by atoms with E-state index in [1.165, 1.54) is 21.5 Å². The molecule has 0 unspecified atom stereocenters. The summed E-state index contributed by atoms with van der Waals surface area (Å²) in [5.41, 5.74) is 2.22. The highest BCUT2D eigenvalue weighted by atomic mass is 15.2. The van der Waals surface area contributed by atoms with Gasteiger partial charge >= 0.3 is 0 Å². The Morgan fingerprint density at radius 1 is 0.607 bits per heavy atom. The van der Waals surface area contributed by atoms with Gasteiger partial charge in [-0.2, -0.15) is 0 Å². The van der Waals surface area contributed by atoms with E-state index in [1.54, 1.807) is 0 Å². The standard InChI is InChI=1S/C24H26N4/c1-27(17-23-13-19-7-3-5-9-21(19)15-25-23)11-12-28(2)18-24-14-20-8-4-6-10-22(20)16-26-24/h3-10,13-16H,11-12,17-18H2,1-2H3. The van der Waals surface area contributed by atoms with Crippen LogP contribution >= 0.6 is 0 Å². The minimum atomic E-state index is 0.854.